The quantitative estimate of drug-likeness (QED) is 0.542. The zero-order valence-corrected chi connectivity index (χ0v) is 15.5. The normalized spacial score (nSPS) is 13.7. The lowest BCUT2D eigenvalue weighted by Crippen LogP contribution is -2.41. The molecule has 0 radical (unpaired) electrons. The molecule has 0 atom stereocenters. The van der Waals surface area contributed by atoms with Gasteiger partial charge in [0, 0.05) is 5.69 Å². The highest BCUT2D eigenvalue weighted by Gasteiger charge is 2.56. The highest BCUT2D eigenvalue weighted by Crippen LogP contribution is 2.46. The summed E-state index contributed by atoms with van der Waals surface area (Å²) in [6.45, 7) is 0.599. The second-order valence-corrected chi connectivity index (χ2v) is 6.51. The van der Waals surface area contributed by atoms with E-state index in [-0.39, 0.29) is 11.8 Å². The molecule has 0 bridgehead atoms. The molecule has 2 N–H and O–H groups in total. The minimum atomic E-state index is -1.02. The van der Waals surface area contributed by atoms with Crippen LogP contribution in [-0.2, 0) is 9.59 Å². The van der Waals surface area contributed by atoms with Crippen LogP contribution in [0.2, 0.25) is 0 Å². The summed E-state index contributed by atoms with van der Waals surface area (Å²) < 4.78 is 10.7. The number of anilines is 1. The largest absolute Gasteiger partial charge is 0.497 e. The van der Waals surface area contributed by atoms with Gasteiger partial charge in [0.1, 0.15) is 23.5 Å². The van der Waals surface area contributed by atoms with Crippen molar-refractivity contribution in [3.63, 3.8) is 0 Å². The Balaban J connectivity index is 1.46. The van der Waals surface area contributed by atoms with E-state index in [9.17, 15) is 9.59 Å². The number of ether oxygens (including phenoxy) is 2. The molecule has 0 heterocycles. The van der Waals surface area contributed by atoms with E-state index in [1.165, 1.54) is 0 Å². The summed E-state index contributed by atoms with van der Waals surface area (Å²) in [5, 5.41) is 14.3. The molecule has 7 heteroatoms. The molecule has 1 saturated carbocycles. The Kier molecular flexibility index (Phi) is 5.80. The van der Waals surface area contributed by atoms with E-state index in [2.05, 4.69) is 10.6 Å². The van der Waals surface area contributed by atoms with Gasteiger partial charge in [0.2, 0.25) is 11.8 Å². The number of amides is 2. The lowest BCUT2D eigenvalue weighted by Gasteiger charge is -2.16. The molecule has 144 valence electrons. The number of benzene rings is 2. The molecule has 0 aliphatic heterocycles. The number of hydrogen-bond acceptors (Lipinski definition) is 5. The Hall–Kier alpha value is -3.53. The maximum absolute atomic E-state index is 12.5. The van der Waals surface area contributed by atoms with Crippen molar-refractivity contribution in [3.8, 4) is 17.6 Å². The molecule has 3 rings (SSSR count). The molecule has 0 spiro atoms. The van der Waals surface area contributed by atoms with E-state index < -0.39 is 5.41 Å². The van der Waals surface area contributed by atoms with Crippen LogP contribution in [0.15, 0.2) is 48.5 Å². The van der Waals surface area contributed by atoms with Crippen LogP contribution >= 0.6 is 0 Å². The lowest BCUT2D eigenvalue weighted by atomic mass is 10.0. The number of nitriles is 1. The number of nitrogens with one attached hydrogen (secondary N) is 2. The summed E-state index contributed by atoms with van der Waals surface area (Å²) in [5.74, 6) is 0.794. The molecular weight excluding hydrogens is 358 g/mol. The number of rotatable bonds is 8. The van der Waals surface area contributed by atoms with Crippen LogP contribution in [0.5, 0.6) is 11.5 Å². The smallest absolute Gasteiger partial charge is 0.240 e. The molecule has 0 unspecified atom stereocenters. The summed E-state index contributed by atoms with van der Waals surface area (Å²) in [6.07, 6.45) is 1.03. The van der Waals surface area contributed by atoms with Crippen molar-refractivity contribution in [1.82, 2.24) is 5.32 Å². The highest BCUT2D eigenvalue weighted by molar-refractivity contribution is 6.13. The van der Waals surface area contributed by atoms with Gasteiger partial charge >= 0.3 is 0 Å². The first-order valence-electron chi connectivity index (χ1n) is 8.94. The van der Waals surface area contributed by atoms with E-state index in [1.807, 2.05) is 6.07 Å². The summed E-state index contributed by atoms with van der Waals surface area (Å²) in [5.41, 5.74) is 0.0493. The lowest BCUT2D eigenvalue weighted by molar-refractivity contribution is -0.134. The van der Waals surface area contributed by atoms with Crippen molar-refractivity contribution in [1.29, 1.82) is 5.26 Å². The third-order valence-corrected chi connectivity index (χ3v) is 4.61. The van der Waals surface area contributed by atoms with Gasteiger partial charge < -0.3 is 20.1 Å². The monoisotopic (exact) mass is 379 g/mol. The molecule has 1 fully saturated rings. The van der Waals surface area contributed by atoms with E-state index in [0.717, 1.165) is 5.75 Å². The van der Waals surface area contributed by atoms with Crippen LogP contribution in [0.1, 0.15) is 18.4 Å². The molecule has 0 saturated heterocycles. The maximum Gasteiger partial charge on any atom is 0.240 e. The molecule has 7 nitrogen and oxygen atoms in total. The Morgan fingerprint density at radius 1 is 1.04 bits per heavy atom. The fourth-order valence-electron chi connectivity index (χ4n) is 2.74. The van der Waals surface area contributed by atoms with E-state index >= 15 is 0 Å². The van der Waals surface area contributed by atoms with Gasteiger partial charge in [-0.3, -0.25) is 9.59 Å². The summed E-state index contributed by atoms with van der Waals surface area (Å²) >= 11 is 0. The summed E-state index contributed by atoms with van der Waals surface area (Å²) in [6, 6.07) is 15.7. The highest BCUT2D eigenvalue weighted by atomic mass is 16.5. The van der Waals surface area contributed by atoms with Crippen molar-refractivity contribution in [2.24, 2.45) is 5.41 Å². The van der Waals surface area contributed by atoms with Gasteiger partial charge in [0.15, 0.2) is 0 Å². The molecule has 28 heavy (non-hydrogen) atoms. The van der Waals surface area contributed by atoms with Gasteiger partial charge in [-0.2, -0.15) is 5.26 Å². The predicted molar refractivity (Wildman–Crippen MR) is 103 cm³/mol. The SMILES string of the molecule is COc1ccc(OCCNC(=O)C2(C(=O)Nc3ccc(C#N)cc3)CC2)cc1. The molecule has 2 aromatic rings. The fraction of sp³-hybridized carbons (Fsp3) is 0.286. The summed E-state index contributed by atoms with van der Waals surface area (Å²) in [4.78, 5) is 25.0. The Morgan fingerprint density at radius 2 is 1.68 bits per heavy atom. The van der Waals surface area contributed by atoms with E-state index in [1.54, 1.807) is 55.6 Å². The Bertz CT molecular complexity index is 881. The van der Waals surface area contributed by atoms with Gasteiger partial charge in [-0.25, -0.2) is 0 Å². The van der Waals surface area contributed by atoms with Crippen LogP contribution in [0.4, 0.5) is 5.69 Å². The first-order chi connectivity index (χ1) is 13.6. The second kappa shape index (κ2) is 8.44. The van der Waals surface area contributed by atoms with Crippen molar-refractivity contribution in [3.05, 3.63) is 54.1 Å². The van der Waals surface area contributed by atoms with Crippen molar-refractivity contribution >= 4 is 17.5 Å². The molecule has 1 aliphatic carbocycles. The molecule has 2 amide bonds. The minimum absolute atomic E-state index is 0.294. The van der Waals surface area contributed by atoms with Crippen molar-refractivity contribution in [2.75, 3.05) is 25.6 Å². The van der Waals surface area contributed by atoms with E-state index in [4.69, 9.17) is 14.7 Å². The molecule has 0 aromatic heterocycles. The van der Waals surface area contributed by atoms with Gasteiger partial charge in [0.05, 0.1) is 25.3 Å². The fourth-order valence-corrected chi connectivity index (χ4v) is 2.74. The van der Waals surface area contributed by atoms with Crippen LogP contribution in [0, 0.1) is 16.7 Å². The van der Waals surface area contributed by atoms with Crippen molar-refractivity contribution in [2.45, 2.75) is 12.8 Å². The first-order valence-corrected chi connectivity index (χ1v) is 8.94. The van der Waals surface area contributed by atoms with Crippen LogP contribution in [0.25, 0.3) is 0 Å². The van der Waals surface area contributed by atoms with Gasteiger partial charge in [-0.1, -0.05) is 0 Å². The topological polar surface area (TPSA) is 100 Å². The number of methoxy groups -OCH3 is 1. The third-order valence-electron chi connectivity index (χ3n) is 4.61. The first kappa shape index (κ1) is 19.2. The average Bonchev–Trinajstić information content (AvgIpc) is 3.54. The zero-order chi connectivity index (χ0) is 20.0. The van der Waals surface area contributed by atoms with Crippen LogP contribution in [-0.4, -0.2) is 32.1 Å². The average molecular weight is 379 g/mol. The number of carbonyl (C=O) groups excluding carboxylic acids is 2. The Morgan fingerprint density at radius 3 is 2.25 bits per heavy atom. The van der Waals surface area contributed by atoms with Crippen LogP contribution < -0.4 is 20.1 Å². The third kappa shape index (κ3) is 4.41. The number of nitrogens with zero attached hydrogens (tertiary/aromatic N) is 1. The second-order valence-electron chi connectivity index (χ2n) is 6.51. The minimum Gasteiger partial charge on any atom is -0.497 e. The predicted octanol–water partition coefficient (Wildman–Crippen LogP) is 2.48. The van der Waals surface area contributed by atoms with Gasteiger partial charge in [-0.15, -0.1) is 0 Å². The standard InChI is InChI=1S/C21H21N3O4/c1-27-17-6-8-18(9-7-17)28-13-12-23-19(25)21(10-11-21)20(26)24-16-4-2-15(14-22)3-5-16/h2-9H,10-13H2,1H3,(H,23,25)(H,24,26). The van der Waals surface area contributed by atoms with Crippen molar-refractivity contribution < 1.29 is 19.1 Å². The van der Waals surface area contributed by atoms with Gasteiger partial charge in [-0.05, 0) is 61.4 Å². The van der Waals surface area contributed by atoms with Crippen LogP contribution in [0.3, 0.4) is 0 Å². The number of hydrogen-bond donors (Lipinski definition) is 2. The molecular formula is C21H21N3O4. The Labute approximate surface area is 163 Å². The zero-order valence-electron chi connectivity index (χ0n) is 15.5. The summed E-state index contributed by atoms with van der Waals surface area (Å²) in [7, 11) is 1.59. The van der Waals surface area contributed by atoms with Gasteiger partial charge in [0.25, 0.3) is 0 Å². The number of carbonyl (C=O) groups is 2. The molecule has 1 aliphatic rings. The van der Waals surface area contributed by atoms with E-state index in [0.29, 0.717) is 43.0 Å². The molecule has 2 aromatic carbocycles. The maximum atomic E-state index is 12.5.